The molecule has 0 spiro atoms. The number of ether oxygens (including phenoxy) is 2. The van der Waals surface area contributed by atoms with Crippen molar-refractivity contribution in [2.75, 3.05) is 0 Å². The zero-order chi connectivity index (χ0) is 13.7. The van der Waals surface area contributed by atoms with Crippen molar-refractivity contribution in [1.82, 2.24) is 0 Å². The number of rotatable bonds is 4. The second-order valence-electron chi connectivity index (χ2n) is 3.86. The molecule has 4 N–H and O–H groups in total. The van der Waals surface area contributed by atoms with Gasteiger partial charge in [0.15, 0.2) is 6.10 Å². The van der Waals surface area contributed by atoms with Crippen LogP contribution in [0.4, 0.5) is 9.59 Å². The van der Waals surface area contributed by atoms with Gasteiger partial charge in [-0.15, -0.1) is 0 Å². The summed E-state index contributed by atoms with van der Waals surface area (Å²) in [5, 5.41) is 0. The molecule has 0 heterocycles. The van der Waals surface area contributed by atoms with Gasteiger partial charge >= 0.3 is 12.2 Å². The SMILES string of the molecule is Cc1ccccc1C(OC(N)=O)C(C)OC(N)=O. The summed E-state index contributed by atoms with van der Waals surface area (Å²) in [5.74, 6) is 0. The average molecular weight is 252 g/mol. The Morgan fingerprint density at radius 2 is 1.67 bits per heavy atom. The van der Waals surface area contributed by atoms with Crippen molar-refractivity contribution < 1.29 is 19.1 Å². The van der Waals surface area contributed by atoms with Crippen LogP contribution in [0.1, 0.15) is 24.2 Å². The van der Waals surface area contributed by atoms with E-state index in [0.29, 0.717) is 5.56 Å². The van der Waals surface area contributed by atoms with E-state index in [0.717, 1.165) is 5.56 Å². The lowest BCUT2D eigenvalue weighted by Crippen LogP contribution is -2.30. The number of carbonyl (C=O) groups excluding carboxylic acids is 2. The van der Waals surface area contributed by atoms with Crippen LogP contribution in [0.3, 0.4) is 0 Å². The highest BCUT2D eigenvalue weighted by molar-refractivity contribution is 5.66. The Balaban J connectivity index is 3.01. The van der Waals surface area contributed by atoms with Gasteiger partial charge in [0.25, 0.3) is 0 Å². The van der Waals surface area contributed by atoms with Crippen molar-refractivity contribution in [1.29, 1.82) is 0 Å². The molecular formula is C12H16N2O4. The lowest BCUT2D eigenvalue weighted by molar-refractivity contribution is 0.00386. The summed E-state index contributed by atoms with van der Waals surface area (Å²) in [7, 11) is 0. The molecule has 98 valence electrons. The van der Waals surface area contributed by atoms with Crippen molar-refractivity contribution in [3.05, 3.63) is 35.4 Å². The predicted octanol–water partition coefficient (Wildman–Crippen LogP) is 1.62. The van der Waals surface area contributed by atoms with Crippen LogP contribution in [0.25, 0.3) is 0 Å². The molecule has 1 aromatic carbocycles. The maximum Gasteiger partial charge on any atom is 0.405 e. The van der Waals surface area contributed by atoms with Crippen molar-refractivity contribution in [2.24, 2.45) is 11.5 Å². The van der Waals surface area contributed by atoms with E-state index in [-0.39, 0.29) is 0 Å². The van der Waals surface area contributed by atoms with Crippen LogP contribution in [0.5, 0.6) is 0 Å². The summed E-state index contributed by atoms with van der Waals surface area (Å²) in [5.41, 5.74) is 11.6. The molecular weight excluding hydrogens is 236 g/mol. The fourth-order valence-corrected chi connectivity index (χ4v) is 1.69. The Hall–Kier alpha value is -2.24. The molecule has 0 bridgehead atoms. The molecule has 0 aliphatic heterocycles. The van der Waals surface area contributed by atoms with Gasteiger partial charge in [-0.05, 0) is 25.0 Å². The van der Waals surface area contributed by atoms with Crippen LogP contribution < -0.4 is 11.5 Å². The first kappa shape index (κ1) is 13.8. The van der Waals surface area contributed by atoms with Crippen molar-refractivity contribution in [3.63, 3.8) is 0 Å². The molecule has 0 aromatic heterocycles. The van der Waals surface area contributed by atoms with Crippen molar-refractivity contribution in [3.8, 4) is 0 Å². The van der Waals surface area contributed by atoms with Gasteiger partial charge in [0, 0.05) is 0 Å². The Morgan fingerprint density at radius 1 is 1.11 bits per heavy atom. The van der Waals surface area contributed by atoms with Gasteiger partial charge < -0.3 is 20.9 Å². The summed E-state index contributed by atoms with van der Waals surface area (Å²) in [6.45, 7) is 3.43. The third-order valence-electron chi connectivity index (χ3n) is 2.47. The van der Waals surface area contributed by atoms with Gasteiger partial charge in [-0.3, -0.25) is 0 Å². The van der Waals surface area contributed by atoms with E-state index >= 15 is 0 Å². The maximum absolute atomic E-state index is 10.9. The Morgan fingerprint density at radius 3 is 2.17 bits per heavy atom. The van der Waals surface area contributed by atoms with Gasteiger partial charge in [-0.25, -0.2) is 9.59 Å². The highest BCUT2D eigenvalue weighted by atomic mass is 16.6. The summed E-state index contributed by atoms with van der Waals surface area (Å²) < 4.78 is 9.81. The lowest BCUT2D eigenvalue weighted by Gasteiger charge is -2.24. The Kier molecular flexibility index (Phi) is 4.53. The maximum atomic E-state index is 10.9. The topological polar surface area (TPSA) is 105 Å². The molecule has 6 nitrogen and oxygen atoms in total. The third-order valence-corrected chi connectivity index (χ3v) is 2.47. The molecule has 2 amide bonds. The smallest absolute Gasteiger partial charge is 0.405 e. The standard InChI is InChI=1S/C12H16N2O4/c1-7-5-3-4-6-9(7)10(18-12(14)16)8(2)17-11(13)15/h3-6,8,10H,1-2H3,(H2,13,15)(H2,14,16). The summed E-state index contributed by atoms with van der Waals surface area (Å²) in [4.78, 5) is 21.7. The number of hydrogen-bond acceptors (Lipinski definition) is 4. The van der Waals surface area contributed by atoms with E-state index < -0.39 is 24.4 Å². The minimum absolute atomic E-state index is 0.713. The van der Waals surface area contributed by atoms with Gasteiger partial charge in [0.2, 0.25) is 0 Å². The van der Waals surface area contributed by atoms with Gasteiger partial charge in [-0.2, -0.15) is 0 Å². The molecule has 6 heteroatoms. The number of carbonyl (C=O) groups is 2. The minimum Gasteiger partial charge on any atom is -0.442 e. The quantitative estimate of drug-likeness (QED) is 0.849. The highest BCUT2D eigenvalue weighted by Crippen LogP contribution is 2.26. The first-order valence-corrected chi connectivity index (χ1v) is 5.39. The number of primary amides is 2. The fourth-order valence-electron chi connectivity index (χ4n) is 1.69. The molecule has 0 saturated carbocycles. The van der Waals surface area contributed by atoms with E-state index in [2.05, 4.69) is 0 Å². The van der Waals surface area contributed by atoms with Crippen LogP contribution in [-0.4, -0.2) is 18.3 Å². The fraction of sp³-hybridized carbons (Fsp3) is 0.333. The number of amides is 2. The van der Waals surface area contributed by atoms with Gasteiger partial charge in [-0.1, -0.05) is 24.3 Å². The van der Waals surface area contributed by atoms with Crippen LogP contribution in [0, 0.1) is 6.92 Å². The summed E-state index contributed by atoms with van der Waals surface area (Å²) in [6, 6.07) is 7.25. The largest absolute Gasteiger partial charge is 0.442 e. The molecule has 0 radical (unpaired) electrons. The number of nitrogens with two attached hydrogens (primary N) is 2. The minimum atomic E-state index is -0.942. The van der Waals surface area contributed by atoms with E-state index in [1.54, 1.807) is 19.1 Å². The molecule has 2 unspecified atom stereocenters. The number of hydrogen-bond donors (Lipinski definition) is 2. The number of aryl methyl sites for hydroxylation is 1. The predicted molar refractivity (Wildman–Crippen MR) is 64.7 cm³/mol. The lowest BCUT2D eigenvalue weighted by atomic mass is 10.00. The molecule has 0 aliphatic carbocycles. The molecule has 0 saturated heterocycles. The first-order valence-electron chi connectivity index (χ1n) is 5.39. The third kappa shape index (κ3) is 3.65. The molecule has 18 heavy (non-hydrogen) atoms. The summed E-state index contributed by atoms with van der Waals surface area (Å²) in [6.07, 6.45) is -3.38. The van der Waals surface area contributed by atoms with Gasteiger partial charge in [0.05, 0.1) is 0 Å². The molecule has 0 aliphatic rings. The Labute approximate surface area is 105 Å². The zero-order valence-corrected chi connectivity index (χ0v) is 10.3. The van der Waals surface area contributed by atoms with E-state index in [9.17, 15) is 9.59 Å². The molecule has 0 fully saturated rings. The first-order chi connectivity index (χ1) is 8.41. The van der Waals surface area contributed by atoms with Crippen LogP contribution in [0.15, 0.2) is 24.3 Å². The Bertz CT molecular complexity index is 447. The van der Waals surface area contributed by atoms with Crippen LogP contribution in [0.2, 0.25) is 0 Å². The van der Waals surface area contributed by atoms with Crippen molar-refractivity contribution >= 4 is 12.2 Å². The second kappa shape index (κ2) is 5.90. The van der Waals surface area contributed by atoms with E-state index in [4.69, 9.17) is 20.9 Å². The normalized spacial score (nSPS) is 13.4. The van der Waals surface area contributed by atoms with Crippen molar-refractivity contribution in [2.45, 2.75) is 26.1 Å². The highest BCUT2D eigenvalue weighted by Gasteiger charge is 2.26. The van der Waals surface area contributed by atoms with E-state index in [1.165, 1.54) is 0 Å². The molecule has 1 aromatic rings. The molecule has 1 rings (SSSR count). The van der Waals surface area contributed by atoms with Crippen LogP contribution >= 0.6 is 0 Å². The monoisotopic (exact) mass is 252 g/mol. The van der Waals surface area contributed by atoms with E-state index in [1.807, 2.05) is 19.1 Å². The average Bonchev–Trinajstić information content (AvgIpc) is 2.25. The zero-order valence-electron chi connectivity index (χ0n) is 10.3. The second-order valence-corrected chi connectivity index (χ2v) is 3.86. The summed E-state index contributed by atoms with van der Waals surface area (Å²) >= 11 is 0. The number of benzene rings is 1. The van der Waals surface area contributed by atoms with Crippen LogP contribution in [-0.2, 0) is 9.47 Å². The molecule has 2 atom stereocenters. The van der Waals surface area contributed by atoms with Gasteiger partial charge in [0.1, 0.15) is 6.10 Å².